The smallest absolute Gasteiger partial charge is 0.385 e. The van der Waals surface area contributed by atoms with E-state index < -0.39 is 27.9 Å². The van der Waals surface area contributed by atoms with Gasteiger partial charge in [-0.15, -0.1) is 0 Å². The molecule has 0 aromatic carbocycles. The standard InChI is InChI=1S/C11H15ClF2O3/c1-5-17-6-7(8(15)10(2,3)4)9(16)11(12,13)14/h6H,5H2,1-4H3/b7-6+. The summed E-state index contributed by atoms with van der Waals surface area (Å²) < 4.78 is 30.2. The second kappa shape index (κ2) is 5.58. The first-order chi connectivity index (χ1) is 7.51. The molecule has 0 N–H and O–H groups in total. The molecule has 0 saturated carbocycles. The SMILES string of the molecule is CCO/C=C(\C(=O)C(C)(C)C)C(=O)C(F)(F)Cl. The van der Waals surface area contributed by atoms with Crippen molar-refractivity contribution in [2.24, 2.45) is 5.41 Å². The third-order valence-electron chi connectivity index (χ3n) is 1.80. The number of alkyl halides is 3. The van der Waals surface area contributed by atoms with Gasteiger partial charge in [0.1, 0.15) is 5.57 Å². The topological polar surface area (TPSA) is 43.4 Å². The summed E-state index contributed by atoms with van der Waals surface area (Å²) in [6.45, 7) is 6.28. The summed E-state index contributed by atoms with van der Waals surface area (Å²) in [5.41, 5.74) is -1.69. The van der Waals surface area contributed by atoms with Gasteiger partial charge in [0.2, 0.25) is 0 Å². The second-order valence-corrected chi connectivity index (χ2v) is 4.87. The molecule has 0 unspecified atom stereocenters. The molecule has 0 aliphatic rings. The minimum Gasteiger partial charge on any atom is -0.501 e. The lowest BCUT2D eigenvalue weighted by atomic mass is 9.85. The zero-order valence-electron chi connectivity index (χ0n) is 10.1. The fraction of sp³-hybridized carbons (Fsp3) is 0.636. The molecule has 98 valence electrons. The van der Waals surface area contributed by atoms with Gasteiger partial charge in [0.15, 0.2) is 5.78 Å². The van der Waals surface area contributed by atoms with E-state index in [1.807, 2.05) is 0 Å². The number of hydrogen-bond donors (Lipinski definition) is 0. The van der Waals surface area contributed by atoms with E-state index in [-0.39, 0.29) is 6.61 Å². The third kappa shape index (κ3) is 4.81. The highest BCUT2D eigenvalue weighted by atomic mass is 35.5. The van der Waals surface area contributed by atoms with Gasteiger partial charge in [-0.3, -0.25) is 9.59 Å². The van der Waals surface area contributed by atoms with E-state index in [9.17, 15) is 18.4 Å². The van der Waals surface area contributed by atoms with Gasteiger partial charge in [0.05, 0.1) is 12.9 Å². The molecular formula is C11H15ClF2O3. The molecule has 0 saturated heterocycles. The van der Waals surface area contributed by atoms with Crippen LogP contribution in [0.25, 0.3) is 0 Å². The molecule has 17 heavy (non-hydrogen) atoms. The van der Waals surface area contributed by atoms with Crippen LogP contribution in [0.5, 0.6) is 0 Å². The summed E-state index contributed by atoms with van der Waals surface area (Å²) >= 11 is 4.62. The molecule has 0 bridgehead atoms. The largest absolute Gasteiger partial charge is 0.501 e. The van der Waals surface area contributed by atoms with Gasteiger partial charge in [0.25, 0.3) is 5.78 Å². The number of allylic oxidation sites excluding steroid dienone is 1. The van der Waals surface area contributed by atoms with Crippen LogP contribution >= 0.6 is 11.6 Å². The number of carbonyl (C=O) groups excluding carboxylic acids is 2. The first-order valence-electron chi connectivity index (χ1n) is 5.00. The Kier molecular flexibility index (Phi) is 5.26. The number of ketones is 2. The van der Waals surface area contributed by atoms with Crippen molar-refractivity contribution in [3.8, 4) is 0 Å². The highest BCUT2D eigenvalue weighted by molar-refractivity contribution is 6.39. The third-order valence-corrected chi connectivity index (χ3v) is 1.97. The van der Waals surface area contributed by atoms with Gasteiger partial charge >= 0.3 is 5.38 Å². The van der Waals surface area contributed by atoms with Gasteiger partial charge < -0.3 is 4.74 Å². The first kappa shape index (κ1) is 16.0. The lowest BCUT2D eigenvalue weighted by Crippen LogP contribution is -2.33. The lowest BCUT2D eigenvalue weighted by Gasteiger charge is -2.19. The van der Waals surface area contributed by atoms with Crippen molar-refractivity contribution in [3.05, 3.63) is 11.8 Å². The minimum atomic E-state index is -4.11. The van der Waals surface area contributed by atoms with E-state index in [4.69, 9.17) is 4.74 Å². The van der Waals surface area contributed by atoms with Gasteiger partial charge in [-0.2, -0.15) is 8.78 Å². The number of hydrogen-bond acceptors (Lipinski definition) is 3. The maximum absolute atomic E-state index is 12.7. The Morgan fingerprint density at radius 3 is 2.00 bits per heavy atom. The Bertz CT molecular complexity index is 310. The molecule has 0 aliphatic heterocycles. The van der Waals surface area contributed by atoms with Crippen molar-refractivity contribution in [2.45, 2.75) is 33.1 Å². The summed E-state index contributed by atoms with van der Waals surface area (Å²) in [6, 6.07) is 0. The van der Waals surface area contributed by atoms with Crippen LogP contribution in [0.2, 0.25) is 0 Å². The van der Waals surface area contributed by atoms with Crippen molar-refractivity contribution in [1.82, 2.24) is 0 Å². The van der Waals surface area contributed by atoms with Crippen LogP contribution < -0.4 is 0 Å². The van der Waals surface area contributed by atoms with Crippen LogP contribution in [0, 0.1) is 5.41 Å². The van der Waals surface area contributed by atoms with Crippen LogP contribution in [0.3, 0.4) is 0 Å². The molecule has 0 aromatic rings. The van der Waals surface area contributed by atoms with Gasteiger partial charge in [0, 0.05) is 5.41 Å². The molecule has 0 spiro atoms. The second-order valence-electron chi connectivity index (χ2n) is 4.39. The van der Waals surface area contributed by atoms with Gasteiger partial charge in [-0.1, -0.05) is 20.8 Å². The Morgan fingerprint density at radius 1 is 1.24 bits per heavy atom. The van der Waals surface area contributed by atoms with E-state index in [1.54, 1.807) is 6.92 Å². The molecule has 0 radical (unpaired) electrons. The normalized spacial score (nSPS) is 13.5. The van der Waals surface area contributed by atoms with E-state index >= 15 is 0 Å². The number of Topliss-reactive ketones (excluding diaryl/α,β-unsaturated/α-hetero) is 2. The molecule has 0 atom stereocenters. The summed E-state index contributed by atoms with van der Waals surface area (Å²) in [7, 11) is 0. The molecule has 0 rings (SSSR count). The summed E-state index contributed by atoms with van der Waals surface area (Å²) in [5, 5.41) is -4.11. The quantitative estimate of drug-likeness (QED) is 0.253. The highest BCUT2D eigenvalue weighted by Crippen LogP contribution is 2.28. The van der Waals surface area contributed by atoms with E-state index in [0.717, 1.165) is 6.26 Å². The van der Waals surface area contributed by atoms with Crippen molar-refractivity contribution in [1.29, 1.82) is 0 Å². The number of ether oxygens (including phenoxy) is 1. The minimum absolute atomic E-state index is 0.155. The average Bonchev–Trinajstić information content (AvgIpc) is 2.14. The lowest BCUT2D eigenvalue weighted by molar-refractivity contribution is -0.133. The van der Waals surface area contributed by atoms with E-state index in [0.29, 0.717) is 0 Å². The fourth-order valence-corrected chi connectivity index (χ4v) is 1.04. The molecule has 0 fully saturated rings. The molecule has 0 aromatic heterocycles. The van der Waals surface area contributed by atoms with Crippen molar-refractivity contribution < 1.29 is 23.1 Å². The van der Waals surface area contributed by atoms with Crippen LogP contribution in [-0.4, -0.2) is 23.6 Å². The molecular weight excluding hydrogens is 254 g/mol. The molecule has 0 heterocycles. The van der Waals surface area contributed by atoms with Gasteiger partial charge in [-0.25, -0.2) is 0 Å². The first-order valence-corrected chi connectivity index (χ1v) is 5.37. The summed E-state index contributed by atoms with van der Waals surface area (Å²) in [6.07, 6.45) is 0.742. The Balaban J connectivity index is 5.32. The molecule has 0 amide bonds. The number of carbonyl (C=O) groups is 2. The van der Waals surface area contributed by atoms with E-state index in [2.05, 4.69) is 11.6 Å². The maximum atomic E-state index is 12.7. The Hall–Kier alpha value is -0.970. The molecule has 0 aliphatic carbocycles. The zero-order valence-corrected chi connectivity index (χ0v) is 10.9. The summed E-state index contributed by atoms with van der Waals surface area (Å²) in [4.78, 5) is 23.1. The predicted molar refractivity (Wildman–Crippen MR) is 60.0 cm³/mol. The fourth-order valence-electron chi connectivity index (χ4n) is 0.934. The molecule has 6 heteroatoms. The van der Waals surface area contributed by atoms with Gasteiger partial charge in [-0.05, 0) is 18.5 Å². The monoisotopic (exact) mass is 268 g/mol. The van der Waals surface area contributed by atoms with Crippen molar-refractivity contribution in [2.75, 3.05) is 6.61 Å². The Morgan fingerprint density at radius 2 is 1.71 bits per heavy atom. The van der Waals surface area contributed by atoms with Crippen molar-refractivity contribution >= 4 is 23.2 Å². The highest BCUT2D eigenvalue weighted by Gasteiger charge is 2.43. The van der Waals surface area contributed by atoms with Crippen molar-refractivity contribution in [3.63, 3.8) is 0 Å². The van der Waals surface area contributed by atoms with Crippen LogP contribution in [0.15, 0.2) is 11.8 Å². The molecule has 3 nitrogen and oxygen atoms in total. The van der Waals surface area contributed by atoms with Crippen LogP contribution in [-0.2, 0) is 14.3 Å². The summed E-state index contributed by atoms with van der Waals surface area (Å²) in [5.74, 6) is -2.48. The van der Waals surface area contributed by atoms with Crippen LogP contribution in [0.1, 0.15) is 27.7 Å². The van der Waals surface area contributed by atoms with E-state index in [1.165, 1.54) is 20.8 Å². The number of halogens is 3. The Labute approximate surface area is 104 Å². The zero-order chi connectivity index (χ0) is 13.9. The number of rotatable bonds is 5. The van der Waals surface area contributed by atoms with Crippen LogP contribution in [0.4, 0.5) is 8.78 Å². The average molecular weight is 269 g/mol. The predicted octanol–water partition coefficient (Wildman–Crippen LogP) is 2.92. The maximum Gasteiger partial charge on any atom is 0.385 e.